The molecule has 2 aromatic heterocycles. The number of hydrogen-bond acceptors (Lipinski definition) is 6. The highest BCUT2D eigenvalue weighted by atomic mass is 32.2. The first-order chi connectivity index (χ1) is 14.5. The molecule has 30 heavy (non-hydrogen) atoms. The summed E-state index contributed by atoms with van der Waals surface area (Å²) < 4.78 is 39.3. The van der Waals surface area contributed by atoms with Crippen LogP contribution in [-0.2, 0) is 26.1 Å². The Kier molecular flexibility index (Phi) is 6.48. The third kappa shape index (κ3) is 4.56. The first-order valence-corrected chi connectivity index (χ1v) is 12.0. The fraction of sp³-hybridized carbons (Fsp3) is 0.545. The maximum absolute atomic E-state index is 12.9. The molecule has 2 aromatic rings. The van der Waals surface area contributed by atoms with Crippen LogP contribution in [0.2, 0.25) is 0 Å². The first-order valence-electron chi connectivity index (χ1n) is 10.5. The topological polar surface area (TPSA) is 81.6 Å². The van der Waals surface area contributed by atoms with Gasteiger partial charge in [-0.2, -0.15) is 4.31 Å². The third-order valence-electron chi connectivity index (χ3n) is 6.25. The highest BCUT2D eigenvalue weighted by Crippen LogP contribution is 2.43. The van der Waals surface area contributed by atoms with Gasteiger partial charge in [-0.05, 0) is 62.8 Å². The number of aromatic nitrogens is 2. The average molecular weight is 432 g/mol. The predicted molar refractivity (Wildman–Crippen MR) is 112 cm³/mol. The third-order valence-corrected chi connectivity index (χ3v) is 8.13. The number of aryl methyl sites for hydroxylation is 1. The monoisotopic (exact) mass is 431 g/mol. The van der Waals surface area contributed by atoms with E-state index in [1.165, 1.54) is 6.20 Å². The van der Waals surface area contributed by atoms with Gasteiger partial charge in [0.25, 0.3) is 0 Å². The fourth-order valence-corrected chi connectivity index (χ4v) is 5.99. The van der Waals surface area contributed by atoms with Crippen LogP contribution in [0.3, 0.4) is 0 Å². The Morgan fingerprint density at radius 1 is 1.23 bits per heavy atom. The summed E-state index contributed by atoms with van der Waals surface area (Å²) in [6.45, 7) is 4.83. The van der Waals surface area contributed by atoms with E-state index >= 15 is 0 Å². The Hall–Kier alpha value is -1.87. The molecule has 0 bridgehead atoms. The Morgan fingerprint density at radius 2 is 2.07 bits per heavy atom. The van der Waals surface area contributed by atoms with Crippen LogP contribution in [0, 0.1) is 12.8 Å². The van der Waals surface area contributed by atoms with E-state index in [0.717, 1.165) is 43.7 Å². The van der Waals surface area contributed by atoms with Gasteiger partial charge in [-0.25, -0.2) is 8.42 Å². The van der Waals surface area contributed by atoms with Gasteiger partial charge in [-0.3, -0.25) is 9.97 Å². The van der Waals surface area contributed by atoms with Crippen molar-refractivity contribution in [1.82, 2.24) is 14.3 Å². The van der Waals surface area contributed by atoms with E-state index in [9.17, 15) is 8.42 Å². The van der Waals surface area contributed by atoms with Gasteiger partial charge in [0.05, 0.1) is 17.9 Å². The quantitative estimate of drug-likeness (QED) is 0.627. The van der Waals surface area contributed by atoms with E-state index in [-0.39, 0.29) is 10.5 Å². The molecule has 0 radical (unpaired) electrons. The summed E-state index contributed by atoms with van der Waals surface area (Å²) in [5, 5.41) is 0. The van der Waals surface area contributed by atoms with E-state index < -0.39 is 10.0 Å². The Labute approximate surface area is 178 Å². The van der Waals surface area contributed by atoms with Crippen molar-refractivity contribution in [3.63, 3.8) is 0 Å². The van der Waals surface area contributed by atoms with Gasteiger partial charge >= 0.3 is 0 Å². The number of rotatable bonds is 7. The SMILES string of the molecule is Cc1cccc(COCC[C@H]2CCOC23CCN(S(=O)(=O)c2cccnc2)CC3)n1. The van der Waals surface area contributed by atoms with Crippen molar-refractivity contribution in [2.75, 3.05) is 26.3 Å². The fourth-order valence-electron chi connectivity index (χ4n) is 4.58. The van der Waals surface area contributed by atoms with E-state index in [4.69, 9.17) is 9.47 Å². The van der Waals surface area contributed by atoms with Gasteiger partial charge < -0.3 is 9.47 Å². The van der Waals surface area contributed by atoms with Crippen LogP contribution in [0.5, 0.6) is 0 Å². The second-order valence-corrected chi connectivity index (χ2v) is 10.0. The van der Waals surface area contributed by atoms with E-state index in [0.29, 0.717) is 32.2 Å². The van der Waals surface area contributed by atoms with Crippen molar-refractivity contribution >= 4 is 10.0 Å². The normalized spacial score (nSPS) is 21.8. The van der Waals surface area contributed by atoms with Crippen LogP contribution in [-0.4, -0.2) is 54.6 Å². The zero-order valence-electron chi connectivity index (χ0n) is 17.4. The molecule has 4 rings (SSSR count). The van der Waals surface area contributed by atoms with Gasteiger partial charge in [0.1, 0.15) is 4.90 Å². The first kappa shape index (κ1) is 21.4. The molecule has 162 valence electrons. The molecule has 2 saturated heterocycles. The molecule has 2 fully saturated rings. The van der Waals surface area contributed by atoms with Crippen LogP contribution in [0.1, 0.15) is 37.1 Å². The van der Waals surface area contributed by atoms with E-state index in [1.807, 2.05) is 25.1 Å². The molecule has 7 nitrogen and oxygen atoms in total. The lowest BCUT2D eigenvalue weighted by Gasteiger charge is -2.41. The predicted octanol–water partition coefficient (Wildman–Crippen LogP) is 2.95. The summed E-state index contributed by atoms with van der Waals surface area (Å²) >= 11 is 0. The number of nitrogens with zero attached hydrogens (tertiary/aromatic N) is 3. The minimum absolute atomic E-state index is 0.230. The number of hydrogen-bond donors (Lipinski definition) is 0. The zero-order chi connectivity index (χ0) is 21.0. The smallest absolute Gasteiger partial charge is 0.244 e. The Morgan fingerprint density at radius 3 is 2.80 bits per heavy atom. The molecule has 0 aromatic carbocycles. The summed E-state index contributed by atoms with van der Waals surface area (Å²) in [6.07, 6.45) is 6.35. The number of piperidine rings is 1. The molecule has 0 N–H and O–H groups in total. The van der Waals surface area contributed by atoms with Gasteiger partial charge in [0.2, 0.25) is 10.0 Å². The van der Waals surface area contributed by atoms with Gasteiger partial charge in [0.15, 0.2) is 0 Å². The average Bonchev–Trinajstić information content (AvgIpc) is 3.14. The second kappa shape index (κ2) is 9.09. The van der Waals surface area contributed by atoms with Crippen LogP contribution >= 0.6 is 0 Å². The minimum Gasteiger partial charge on any atom is -0.375 e. The highest BCUT2D eigenvalue weighted by Gasteiger charge is 2.47. The number of ether oxygens (including phenoxy) is 2. The molecule has 0 aliphatic carbocycles. The van der Waals surface area contributed by atoms with Crippen molar-refractivity contribution in [2.24, 2.45) is 5.92 Å². The zero-order valence-corrected chi connectivity index (χ0v) is 18.2. The molecule has 0 amide bonds. The van der Waals surface area contributed by atoms with Crippen molar-refractivity contribution in [3.8, 4) is 0 Å². The Balaban J connectivity index is 1.30. The summed E-state index contributed by atoms with van der Waals surface area (Å²) in [5.74, 6) is 0.395. The summed E-state index contributed by atoms with van der Waals surface area (Å²) in [6, 6.07) is 9.20. The molecule has 2 aliphatic rings. The maximum Gasteiger partial charge on any atom is 0.244 e. The molecule has 0 unspecified atom stereocenters. The lowest BCUT2D eigenvalue weighted by atomic mass is 9.78. The molecule has 0 saturated carbocycles. The molecule has 1 atom stereocenters. The summed E-state index contributed by atoms with van der Waals surface area (Å²) in [4.78, 5) is 8.67. The van der Waals surface area contributed by atoms with Crippen LogP contribution in [0.25, 0.3) is 0 Å². The Bertz CT molecular complexity index is 944. The minimum atomic E-state index is -3.50. The van der Waals surface area contributed by atoms with Crippen LogP contribution < -0.4 is 0 Å². The van der Waals surface area contributed by atoms with Crippen molar-refractivity contribution in [3.05, 3.63) is 54.1 Å². The lowest BCUT2D eigenvalue weighted by molar-refractivity contribution is -0.0619. The lowest BCUT2D eigenvalue weighted by Crippen LogP contribution is -2.49. The molecular weight excluding hydrogens is 402 g/mol. The van der Waals surface area contributed by atoms with Crippen LogP contribution in [0.15, 0.2) is 47.6 Å². The largest absolute Gasteiger partial charge is 0.375 e. The molecule has 2 aliphatic heterocycles. The van der Waals surface area contributed by atoms with Gasteiger partial charge in [-0.1, -0.05) is 6.07 Å². The standard InChI is InChI=1S/C22H29N3O4S/c1-18-4-2-5-20(24-18)17-28-14-7-19-8-15-29-22(19)9-12-25(13-10-22)30(26,27)21-6-3-11-23-16-21/h2-6,11,16,19H,7-10,12-15,17H2,1H3/t19-/m0/s1. The van der Waals surface area contributed by atoms with Crippen LogP contribution in [0.4, 0.5) is 0 Å². The van der Waals surface area contributed by atoms with Crippen molar-refractivity contribution in [1.29, 1.82) is 0 Å². The second-order valence-electron chi connectivity index (χ2n) is 8.10. The van der Waals surface area contributed by atoms with E-state index in [2.05, 4.69) is 9.97 Å². The van der Waals surface area contributed by atoms with Crippen molar-refractivity contribution in [2.45, 2.75) is 49.7 Å². The maximum atomic E-state index is 12.9. The molecule has 8 heteroatoms. The van der Waals surface area contributed by atoms with E-state index in [1.54, 1.807) is 22.6 Å². The number of sulfonamides is 1. The van der Waals surface area contributed by atoms with Crippen molar-refractivity contribution < 1.29 is 17.9 Å². The summed E-state index contributed by atoms with van der Waals surface area (Å²) in [5.41, 5.74) is 1.71. The molecular formula is C22H29N3O4S. The summed E-state index contributed by atoms with van der Waals surface area (Å²) in [7, 11) is -3.50. The molecule has 4 heterocycles. The van der Waals surface area contributed by atoms with Gasteiger partial charge in [0, 0.05) is 44.4 Å². The van der Waals surface area contributed by atoms with Gasteiger partial charge in [-0.15, -0.1) is 0 Å². The number of pyridine rings is 2. The highest BCUT2D eigenvalue weighted by molar-refractivity contribution is 7.89. The molecule has 1 spiro atoms.